The van der Waals surface area contributed by atoms with Gasteiger partial charge in [-0.25, -0.2) is 8.42 Å². The number of piperazine rings is 1. The molecule has 1 aliphatic heterocycles. The Labute approximate surface area is 148 Å². The minimum Gasteiger partial charge on any atom is -0.322 e. The fourth-order valence-electron chi connectivity index (χ4n) is 3.28. The van der Waals surface area contributed by atoms with Crippen LogP contribution in [0.4, 0.5) is 0 Å². The summed E-state index contributed by atoms with van der Waals surface area (Å²) < 4.78 is 25.8. The molecule has 0 unspecified atom stereocenters. The van der Waals surface area contributed by atoms with Gasteiger partial charge in [-0.15, -0.1) is 0 Å². The lowest BCUT2D eigenvalue weighted by atomic mass is 10.1. The summed E-state index contributed by atoms with van der Waals surface area (Å²) in [7, 11) is -3.13. The third-order valence-corrected chi connectivity index (χ3v) is 6.73. The number of nitrogens with one attached hydrogen (secondary N) is 1. The summed E-state index contributed by atoms with van der Waals surface area (Å²) in [6.07, 6.45) is 0.633. The van der Waals surface area contributed by atoms with Gasteiger partial charge in [-0.1, -0.05) is 18.6 Å². The van der Waals surface area contributed by atoms with Gasteiger partial charge in [0.1, 0.15) is 0 Å². The van der Waals surface area contributed by atoms with Crippen molar-refractivity contribution in [3.63, 3.8) is 0 Å². The number of fused-ring (bicyclic) bond motifs is 1. The van der Waals surface area contributed by atoms with Crippen molar-refractivity contribution in [3.8, 4) is 0 Å². The maximum Gasteiger partial charge on any atom is 0.252 e. The Bertz CT molecular complexity index is 913. The van der Waals surface area contributed by atoms with Crippen LogP contribution in [0.3, 0.4) is 0 Å². The predicted molar refractivity (Wildman–Crippen MR) is 100 cm³/mol. The van der Waals surface area contributed by atoms with Gasteiger partial charge in [0.2, 0.25) is 10.0 Å². The maximum absolute atomic E-state index is 12.3. The van der Waals surface area contributed by atoms with Crippen LogP contribution in [0.25, 0.3) is 10.9 Å². The molecule has 1 aromatic carbocycles. The first kappa shape index (κ1) is 18.1. The number of aromatic nitrogens is 1. The molecule has 6 nitrogen and oxygen atoms in total. The molecule has 1 saturated heterocycles. The highest BCUT2D eigenvalue weighted by Gasteiger charge is 2.26. The molecule has 0 bridgehead atoms. The molecule has 0 saturated carbocycles. The number of rotatable bonds is 5. The van der Waals surface area contributed by atoms with Gasteiger partial charge in [0.05, 0.1) is 5.75 Å². The zero-order valence-electron chi connectivity index (χ0n) is 14.8. The average Bonchev–Trinajstić information content (AvgIpc) is 2.56. The predicted octanol–water partition coefficient (Wildman–Crippen LogP) is 1.69. The summed E-state index contributed by atoms with van der Waals surface area (Å²) in [6.45, 7) is 6.73. The van der Waals surface area contributed by atoms with E-state index in [9.17, 15) is 13.2 Å². The van der Waals surface area contributed by atoms with Crippen LogP contribution in [0, 0.1) is 6.92 Å². The van der Waals surface area contributed by atoms with Crippen molar-refractivity contribution < 1.29 is 8.42 Å². The molecule has 0 aliphatic carbocycles. The van der Waals surface area contributed by atoms with Gasteiger partial charge in [-0.3, -0.25) is 9.69 Å². The van der Waals surface area contributed by atoms with Crippen LogP contribution < -0.4 is 5.56 Å². The SMILES string of the molecule is CCCS(=O)(=O)N1CCN(Cc2cc3cc(C)ccc3[nH]c2=O)CC1. The molecular formula is C18H25N3O3S. The average molecular weight is 363 g/mol. The largest absolute Gasteiger partial charge is 0.322 e. The smallest absolute Gasteiger partial charge is 0.252 e. The van der Waals surface area contributed by atoms with E-state index < -0.39 is 10.0 Å². The highest BCUT2D eigenvalue weighted by atomic mass is 32.2. The van der Waals surface area contributed by atoms with Gasteiger partial charge in [0.25, 0.3) is 5.56 Å². The number of sulfonamides is 1. The van der Waals surface area contributed by atoms with E-state index in [4.69, 9.17) is 0 Å². The van der Waals surface area contributed by atoms with Crippen molar-refractivity contribution in [1.29, 1.82) is 0 Å². The Balaban J connectivity index is 1.71. The van der Waals surface area contributed by atoms with Crippen LogP contribution >= 0.6 is 0 Å². The number of pyridine rings is 1. The highest BCUT2D eigenvalue weighted by molar-refractivity contribution is 7.89. The Hall–Kier alpha value is -1.70. The van der Waals surface area contributed by atoms with E-state index in [1.807, 2.05) is 32.0 Å². The third kappa shape index (κ3) is 4.11. The summed E-state index contributed by atoms with van der Waals surface area (Å²) in [6, 6.07) is 7.91. The molecule has 2 aromatic rings. The second-order valence-electron chi connectivity index (χ2n) is 6.71. The van der Waals surface area contributed by atoms with E-state index in [0.29, 0.717) is 39.1 Å². The molecule has 1 aromatic heterocycles. The molecule has 0 amide bonds. The summed E-state index contributed by atoms with van der Waals surface area (Å²) in [5.41, 5.74) is 2.65. The first-order valence-corrected chi connectivity index (χ1v) is 10.3. The number of aryl methyl sites for hydroxylation is 1. The topological polar surface area (TPSA) is 73.5 Å². The summed E-state index contributed by atoms with van der Waals surface area (Å²) >= 11 is 0. The molecule has 0 radical (unpaired) electrons. The standard InChI is InChI=1S/C18H25N3O3S/c1-3-10-25(23,24)21-8-6-20(7-9-21)13-16-12-15-11-14(2)4-5-17(15)19-18(16)22/h4-5,11-12H,3,6-10,13H2,1-2H3,(H,19,22). The number of aromatic amines is 1. The minimum atomic E-state index is -3.13. The number of nitrogens with zero attached hydrogens (tertiary/aromatic N) is 2. The van der Waals surface area contributed by atoms with Gasteiger partial charge in [0.15, 0.2) is 0 Å². The Morgan fingerprint density at radius 3 is 2.52 bits per heavy atom. The van der Waals surface area contributed by atoms with Crippen LogP contribution in [0.15, 0.2) is 29.1 Å². The van der Waals surface area contributed by atoms with Crippen molar-refractivity contribution >= 4 is 20.9 Å². The number of hydrogen-bond donors (Lipinski definition) is 1. The van der Waals surface area contributed by atoms with E-state index in [1.165, 1.54) is 0 Å². The quantitative estimate of drug-likeness (QED) is 0.877. The molecule has 2 heterocycles. The van der Waals surface area contributed by atoms with Crippen LogP contribution in [0.1, 0.15) is 24.5 Å². The van der Waals surface area contributed by atoms with Crippen LogP contribution in [-0.4, -0.2) is 54.5 Å². The fraction of sp³-hybridized carbons (Fsp3) is 0.500. The molecule has 1 aliphatic rings. The Morgan fingerprint density at radius 2 is 1.84 bits per heavy atom. The fourth-order valence-corrected chi connectivity index (χ4v) is 4.78. The monoisotopic (exact) mass is 363 g/mol. The summed E-state index contributed by atoms with van der Waals surface area (Å²) in [5, 5.41) is 1.03. The van der Waals surface area contributed by atoms with Crippen LogP contribution in [0.2, 0.25) is 0 Å². The number of H-pyrrole nitrogens is 1. The molecular weight excluding hydrogens is 338 g/mol. The lowest BCUT2D eigenvalue weighted by molar-refractivity contribution is 0.181. The molecule has 3 rings (SSSR count). The zero-order chi connectivity index (χ0) is 18.0. The van der Waals surface area contributed by atoms with Gasteiger partial charge < -0.3 is 4.98 Å². The van der Waals surface area contributed by atoms with Crippen molar-refractivity contribution in [3.05, 3.63) is 45.7 Å². The maximum atomic E-state index is 12.3. The minimum absolute atomic E-state index is 0.0719. The van der Waals surface area contributed by atoms with E-state index in [0.717, 1.165) is 22.0 Å². The van der Waals surface area contributed by atoms with Crippen LogP contribution in [-0.2, 0) is 16.6 Å². The van der Waals surface area contributed by atoms with Gasteiger partial charge in [-0.05, 0) is 36.9 Å². The van der Waals surface area contributed by atoms with E-state index in [2.05, 4.69) is 16.0 Å². The molecule has 25 heavy (non-hydrogen) atoms. The Kier molecular flexibility index (Phi) is 5.27. The highest BCUT2D eigenvalue weighted by Crippen LogP contribution is 2.15. The first-order valence-electron chi connectivity index (χ1n) is 8.72. The summed E-state index contributed by atoms with van der Waals surface area (Å²) in [5.74, 6) is 0.205. The van der Waals surface area contributed by atoms with Crippen LogP contribution in [0.5, 0.6) is 0 Å². The van der Waals surface area contributed by atoms with Crippen molar-refractivity contribution in [2.24, 2.45) is 0 Å². The molecule has 7 heteroatoms. The molecule has 1 N–H and O–H groups in total. The van der Waals surface area contributed by atoms with E-state index in [1.54, 1.807) is 4.31 Å². The lowest BCUT2D eigenvalue weighted by Gasteiger charge is -2.33. The summed E-state index contributed by atoms with van der Waals surface area (Å²) in [4.78, 5) is 17.4. The normalized spacial score (nSPS) is 17.2. The van der Waals surface area contributed by atoms with Crippen molar-refractivity contribution in [1.82, 2.24) is 14.2 Å². The zero-order valence-corrected chi connectivity index (χ0v) is 15.6. The van der Waals surface area contributed by atoms with Gasteiger partial charge >= 0.3 is 0 Å². The molecule has 0 spiro atoms. The third-order valence-electron chi connectivity index (χ3n) is 4.66. The lowest BCUT2D eigenvalue weighted by Crippen LogP contribution is -2.49. The van der Waals surface area contributed by atoms with Crippen molar-refractivity contribution in [2.45, 2.75) is 26.8 Å². The second-order valence-corrected chi connectivity index (χ2v) is 8.79. The second kappa shape index (κ2) is 7.27. The van der Waals surface area contributed by atoms with E-state index in [-0.39, 0.29) is 11.3 Å². The van der Waals surface area contributed by atoms with Crippen molar-refractivity contribution in [2.75, 3.05) is 31.9 Å². The molecule has 136 valence electrons. The van der Waals surface area contributed by atoms with Gasteiger partial charge in [-0.2, -0.15) is 4.31 Å². The molecule has 0 atom stereocenters. The first-order chi connectivity index (χ1) is 11.9. The number of benzene rings is 1. The molecule has 1 fully saturated rings. The van der Waals surface area contributed by atoms with Gasteiger partial charge in [0, 0.05) is 43.8 Å². The number of hydrogen-bond acceptors (Lipinski definition) is 4. The Morgan fingerprint density at radius 1 is 1.12 bits per heavy atom. The van der Waals surface area contributed by atoms with E-state index >= 15 is 0 Å².